The molecule has 5 heterocycles. The molecule has 0 amide bonds. The average Bonchev–Trinajstić information content (AvgIpc) is 3.39. The Bertz CT molecular complexity index is 1900. The van der Waals surface area contributed by atoms with Gasteiger partial charge < -0.3 is 28.6 Å². The van der Waals surface area contributed by atoms with Crippen LogP contribution in [0.5, 0.6) is 5.75 Å². The van der Waals surface area contributed by atoms with E-state index in [0.717, 1.165) is 17.7 Å². The number of fused-ring (bicyclic) bond motifs is 8. The van der Waals surface area contributed by atoms with Crippen LogP contribution in [0.2, 0.25) is 5.15 Å². The number of ether oxygens (including phenoxy) is 5. The van der Waals surface area contributed by atoms with Crippen molar-refractivity contribution in [2.45, 2.75) is 77.8 Å². The molecule has 1 fully saturated rings. The van der Waals surface area contributed by atoms with Gasteiger partial charge in [-0.2, -0.15) is 0 Å². The van der Waals surface area contributed by atoms with Crippen LogP contribution in [0.3, 0.4) is 0 Å². The second-order valence-electron chi connectivity index (χ2n) is 14.3. The van der Waals surface area contributed by atoms with Crippen molar-refractivity contribution in [3.63, 3.8) is 0 Å². The number of esters is 1. The van der Waals surface area contributed by atoms with Crippen LogP contribution in [-0.4, -0.2) is 72.7 Å². The van der Waals surface area contributed by atoms with Gasteiger partial charge in [0.2, 0.25) is 0 Å². The average molecular weight is 712 g/mol. The van der Waals surface area contributed by atoms with Gasteiger partial charge in [0.05, 0.1) is 38.1 Å². The number of aryl methyl sites for hydroxylation is 1. The van der Waals surface area contributed by atoms with E-state index in [4.69, 9.17) is 40.3 Å². The maximum atomic E-state index is 14.7. The first-order valence-corrected chi connectivity index (χ1v) is 17.3. The van der Waals surface area contributed by atoms with Crippen LogP contribution < -0.4 is 9.64 Å². The Hall–Kier alpha value is -3.77. The van der Waals surface area contributed by atoms with Crippen LogP contribution in [0.25, 0.3) is 28.0 Å². The summed E-state index contributed by atoms with van der Waals surface area (Å²) in [5, 5.41) is 0.319. The van der Waals surface area contributed by atoms with Gasteiger partial charge in [0.15, 0.2) is 17.7 Å². The number of anilines is 1. The Morgan fingerprint density at radius 1 is 1.08 bits per heavy atom. The van der Waals surface area contributed by atoms with Gasteiger partial charge in [0.25, 0.3) is 0 Å². The SMILES string of the molecule is COC(=O)[C@@H](OC(C)(C)C)c1c(C)cc2nc3c(Cl)n2c1N1CCC(C)(CC1)OCCOC[C@H](C)Oc1cc(F)c(F)cc1-c1cccc-3c1. The lowest BCUT2D eigenvalue weighted by molar-refractivity contribution is -0.164. The number of imidazole rings is 1. The molecule has 0 spiro atoms. The molecule has 0 radical (unpaired) electrons. The van der Waals surface area contributed by atoms with Crippen LogP contribution >= 0.6 is 11.6 Å². The minimum Gasteiger partial charge on any atom is -0.488 e. The lowest BCUT2D eigenvalue weighted by Gasteiger charge is -2.42. The number of piperidine rings is 1. The molecule has 0 saturated carbocycles. The molecule has 9 nitrogen and oxygen atoms in total. The van der Waals surface area contributed by atoms with Crippen LogP contribution in [0.4, 0.5) is 14.6 Å². The van der Waals surface area contributed by atoms with Crippen LogP contribution in [-0.2, 0) is 23.7 Å². The van der Waals surface area contributed by atoms with Crippen molar-refractivity contribution in [2.24, 2.45) is 0 Å². The Labute approximate surface area is 296 Å². The first-order chi connectivity index (χ1) is 23.7. The predicted octanol–water partition coefficient (Wildman–Crippen LogP) is 8.11. The number of carbonyl (C=O) groups is 1. The molecule has 2 aromatic carbocycles. The fraction of sp³-hybridized carbons (Fsp3) is 0.474. The largest absolute Gasteiger partial charge is 0.488 e. The zero-order valence-corrected chi connectivity index (χ0v) is 30.3. The monoisotopic (exact) mass is 711 g/mol. The fourth-order valence-corrected chi connectivity index (χ4v) is 6.98. The number of hydrogen-bond donors (Lipinski definition) is 0. The zero-order valence-electron chi connectivity index (χ0n) is 29.6. The summed E-state index contributed by atoms with van der Waals surface area (Å²) in [6.07, 6.45) is -0.105. The summed E-state index contributed by atoms with van der Waals surface area (Å²) >= 11 is 7.31. The summed E-state index contributed by atoms with van der Waals surface area (Å²) < 4.78 is 61.1. The van der Waals surface area contributed by atoms with Crippen molar-refractivity contribution in [2.75, 3.05) is 44.9 Å². The molecule has 6 bridgehead atoms. The molecule has 3 aliphatic rings. The minimum absolute atomic E-state index is 0.178. The number of hydrogen-bond acceptors (Lipinski definition) is 8. The van der Waals surface area contributed by atoms with Gasteiger partial charge in [-0.05, 0) is 83.7 Å². The smallest absolute Gasteiger partial charge is 0.339 e. The summed E-state index contributed by atoms with van der Waals surface area (Å²) in [5.41, 5.74) is 2.97. The Morgan fingerprint density at radius 3 is 2.48 bits per heavy atom. The second-order valence-corrected chi connectivity index (χ2v) is 14.6. The first-order valence-electron chi connectivity index (χ1n) is 16.9. The number of methoxy groups -OCH3 is 1. The highest BCUT2D eigenvalue weighted by molar-refractivity contribution is 6.32. The van der Waals surface area contributed by atoms with E-state index in [1.165, 1.54) is 7.11 Å². The van der Waals surface area contributed by atoms with Crippen LogP contribution in [0, 0.1) is 18.6 Å². The Balaban J connectivity index is 1.58. The van der Waals surface area contributed by atoms with Crippen LogP contribution in [0.1, 0.15) is 64.7 Å². The van der Waals surface area contributed by atoms with E-state index in [-0.39, 0.29) is 12.4 Å². The molecule has 12 heteroatoms. The molecule has 4 aromatic rings. The van der Waals surface area contributed by atoms with Crippen molar-refractivity contribution >= 4 is 29.0 Å². The van der Waals surface area contributed by atoms with E-state index in [1.54, 1.807) is 6.07 Å². The van der Waals surface area contributed by atoms with Gasteiger partial charge in [-0.3, -0.25) is 4.40 Å². The molecule has 2 atom stereocenters. The molecule has 0 unspecified atom stereocenters. The normalized spacial score (nSPS) is 20.8. The number of aromatic nitrogens is 2. The van der Waals surface area contributed by atoms with Crippen LogP contribution in [0.15, 0.2) is 42.5 Å². The lowest BCUT2D eigenvalue weighted by Crippen LogP contribution is -2.46. The van der Waals surface area contributed by atoms with Crippen molar-refractivity contribution in [1.82, 2.24) is 9.38 Å². The van der Waals surface area contributed by atoms with E-state index in [1.807, 2.05) is 63.3 Å². The lowest BCUT2D eigenvalue weighted by atomic mass is 9.92. The Morgan fingerprint density at radius 2 is 1.78 bits per heavy atom. The molecular formula is C38H44ClF2N3O6. The van der Waals surface area contributed by atoms with Crippen molar-refractivity contribution in [3.05, 3.63) is 70.4 Å². The molecule has 3 aliphatic heterocycles. The third-order valence-corrected chi connectivity index (χ3v) is 9.52. The quantitative estimate of drug-likeness (QED) is 0.156. The summed E-state index contributed by atoms with van der Waals surface area (Å²) in [6, 6.07) is 11.3. The highest BCUT2D eigenvalue weighted by Crippen LogP contribution is 2.43. The van der Waals surface area contributed by atoms with Gasteiger partial charge in [-0.1, -0.05) is 29.8 Å². The zero-order chi connectivity index (χ0) is 36.0. The maximum Gasteiger partial charge on any atom is 0.339 e. The van der Waals surface area contributed by atoms with Gasteiger partial charge >= 0.3 is 5.97 Å². The van der Waals surface area contributed by atoms with Crippen molar-refractivity contribution in [1.29, 1.82) is 0 Å². The molecule has 7 rings (SSSR count). The predicted molar refractivity (Wildman–Crippen MR) is 188 cm³/mol. The maximum absolute atomic E-state index is 14.7. The molecule has 1 saturated heterocycles. The standard InChI is InChI=1S/C38H44ClF2N3O6/c1-22-17-30-42-32-25-10-8-9-24(18-25)26-19-27(40)28(41)20-29(26)49-23(2)21-47-15-16-48-38(6)11-13-43(14-12-38)35(44(30)34(32)39)31(22)33(36(45)46-7)50-37(3,4)5/h8-10,17-20,23,33H,11-16,21H2,1-7H3/t23-,33-/m0/s1. The molecule has 268 valence electrons. The topological polar surface area (TPSA) is 83.8 Å². The number of carbonyl (C=O) groups excluding carboxylic acids is 1. The number of pyridine rings is 1. The summed E-state index contributed by atoms with van der Waals surface area (Å²) in [6.45, 7) is 13.6. The number of halogens is 3. The highest BCUT2D eigenvalue weighted by Gasteiger charge is 2.38. The van der Waals surface area contributed by atoms with E-state index in [2.05, 4.69) is 11.8 Å². The van der Waals surface area contributed by atoms with Gasteiger partial charge in [0.1, 0.15) is 34.2 Å². The van der Waals surface area contributed by atoms with Gasteiger partial charge in [-0.25, -0.2) is 18.6 Å². The molecule has 0 N–H and O–H groups in total. The van der Waals surface area contributed by atoms with Crippen molar-refractivity contribution < 1.29 is 37.3 Å². The van der Waals surface area contributed by atoms with Gasteiger partial charge in [-0.15, -0.1) is 0 Å². The molecule has 2 aromatic heterocycles. The van der Waals surface area contributed by atoms with E-state index < -0.39 is 41.0 Å². The molecule has 50 heavy (non-hydrogen) atoms. The van der Waals surface area contributed by atoms with E-state index >= 15 is 0 Å². The summed E-state index contributed by atoms with van der Waals surface area (Å²) in [7, 11) is 1.35. The van der Waals surface area contributed by atoms with E-state index in [0.29, 0.717) is 83.7 Å². The Kier molecular flexibility index (Phi) is 10.2. The first kappa shape index (κ1) is 36.0. The molecule has 0 aliphatic carbocycles. The molecular weight excluding hydrogens is 668 g/mol. The number of benzene rings is 2. The third-order valence-electron chi connectivity index (χ3n) is 9.17. The fourth-order valence-electron chi connectivity index (χ4n) is 6.66. The third kappa shape index (κ3) is 7.32. The van der Waals surface area contributed by atoms with Gasteiger partial charge in [0, 0.05) is 35.8 Å². The summed E-state index contributed by atoms with van der Waals surface area (Å²) in [4.78, 5) is 20.7. The number of rotatable bonds is 3. The van der Waals surface area contributed by atoms with E-state index in [9.17, 15) is 13.6 Å². The van der Waals surface area contributed by atoms with Crippen molar-refractivity contribution in [3.8, 4) is 28.1 Å². The highest BCUT2D eigenvalue weighted by atomic mass is 35.5. The minimum atomic E-state index is -1.05. The summed E-state index contributed by atoms with van der Waals surface area (Å²) in [5.74, 6) is -1.68. The second kappa shape index (κ2) is 14.1. The number of nitrogens with zero attached hydrogens (tertiary/aromatic N) is 3.